The highest BCUT2D eigenvalue weighted by atomic mass is 19.4. The minimum atomic E-state index is -4.64. The lowest BCUT2D eigenvalue weighted by Gasteiger charge is -2.10. The summed E-state index contributed by atoms with van der Waals surface area (Å²) in [5.41, 5.74) is 6.29. The molecule has 0 aliphatic heterocycles. The Morgan fingerprint density at radius 3 is 1.94 bits per heavy atom. The topological polar surface area (TPSA) is 92.8 Å². The molecule has 0 bridgehead atoms. The summed E-state index contributed by atoms with van der Waals surface area (Å²) < 4.78 is 39.0. The van der Waals surface area contributed by atoms with Crippen LogP contribution >= 0.6 is 0 Å². The Labute approximate surface area is 101 Å². The fourth-order valence-electron chi connectivity index (χ4n) is 0.973. The lowest BCUT2D eigenvalue weighted by molar-refractivity contribution is -0.274. The Morgan fingerprint density at radius 2 is 1.67 bits per heavy atom. The second kappa shape index (κ2) is 6.70. The Hall–Kier alpha value is -1.96. The zero-order valence-electron chi connectivity index (χ0n) is 9.31. The van der Waals surface area contributed by atoms with Crippen LogP contribution in [0, 0.1) is 0 Å². The fraction of sp³-hybridized carbons (Fsp3) is 0.300. The first-order chi connectivity index (χ1) is 8.11. The molecule has 0 aliphatic rings. The van der Waals surface area contributed by atoms with E-state index in [9.17, 15) is 13.2 Å². The maximum absolute atomic E-state index is 11.8. The maximum Gasteiger partial charge on any atom is 0.573 e. The molecule has 0 aromatic heterocycles. The van der Waals surface area contributed by atoms with Gasteiger partial charge in [-0.2, -0.15) is 0 Å². The minimum Gasteiger partial charge on any atom is -0.450 e. The summed E-state index contributed by atoms with van der Waals surface area (Å²) >= 11 is 0. The molecule has 0 spiro atoms. The van der Waals surface area contributed by atoms with Crippen molar-refractivity contribution in [2.75, 3.05) is 0 Å². The monoisotopic (exact) mass is 267 g/mol. The minimum absolute atomic E-state index is 0.199. The van der Waals surface area contributed by atoms with E-state index < -0.39 is 12.5 Å². The summed E-state index contributed by atoms with van der Waals surface area (Å²) in [6.45, 7) is 1.75. The largest absolute Gasteiger partial charge is 0.573 e. The Balaban J connectivity index is 0.000000631. The first kappa shape index (κ1) is 16.0. The van der Waals surface area contributed by atoms with Crippen molar-refractivity contribution in [3.8, 4) is 5.75 Å². The van der Waals surface area contributed by atoms with Gasteiger partial charge in [0.05, 0.1) is 0 Å². The van der Waals surface area contributed by atoms with E-state index in [-0.39, 0.29) is 11.8 Å². The van der Waals surface area contributed by atoms with Gasteiger partial charge >= 0.3 is 12.5 Å². The quantitative estimate of drug-likeness (QED) is 0.766. The second-order valence-electron chi connectivity index (χ2n) is 3.19. The van der Waals surface area contributed by atoms with Crippen molar-refractivity contribution in [3.05, 3.63) is 29.8 Å². The van der Waals surface area contributed by atoms with Crippen molar-refractivity contribution in [2.24, 2.45) is 5.73 Å². The first-order valence-electron chi connectivity index (χ1n) is 4.65. The van der Waals surface area contributed by atoms with Crippen LogP contribution in [0.15, 0.2) is 24.3 Å². The summed E-state index contributed by atoms with van der Waals surface area (Å²) in [7, 11) is 0. The summed E-state index contributed by atoms with van der Waals surface area (Å²) in [4.78, 5) is 8.56. The van der Waals surface area contributed by atoms with Gasteiger partial charge in [-0.1, -0.05) is 12.1 Å². The summed E-state index contributed by atoms with van der Waals surface area (Å²) in [6, 6.07) is 5.30. The number of carboxylic acid groups (broad SMARTS) is 2. The van der Waals surface area contributed by atoms with Crippen LogP contribution in [0.4, 0.5) is 18.0 Å². The van der Waals surface area contributed by atoms with Crippen molar-refractivity contribution >= 4 is 6.16 Å². The average molecular weight is 267 g/mol. The van der Waals surface area contributed by atoms with E-state index >= 15 is 0 Å². The van der Waals surface area contributed by atoms with Gasteiger partial charge in [-0.25, -0.2) is 4.79 Å². The predicted octanol–water partition coefficient (Wildman–Crippen LogP) is 2.83. The van der Waals surface area contributed by atoms with Crippen molar-refractivity contribution in [1.29, 1.82) is 0 Å². The number of alkyl halides is 3. The smallest absolute Gasteiger partial charge is 0.450 e. The molecule has 8 heteroatoms. The molecule has 0 amide bonds. The second-order valence-corrected chi connectivity index (χ2v) is 3.19. The van der Waals surface area contributed by atoms with Crippen LogP contribution < -0.4 is 10.5 Å². The standard InChI is InChI=1S/C9H10F3NO.CH2O3/c1-6(13)7-2-4-8(5-3-7)14-9(10,11)12;2-1(3)4/h2-6H,13H2,1H3;(H2,2,3,4). The number of carbonyl (C=O) groups is 1. The van der Waals surface area contributed by atoms with Gasteiger partial charge in [0.15, 0.2) is 0 Å². The highest BCUT2D eigenvalue weighted by Crippen LogP contribution is 2.23. The molecule has 1 atom stereocenters. The number of benzene rings is 1. The molecule has 1 aromatic carbocycles. The third-order valence-electron chi connectivity index (χ3n) is 1.64. The number of nitrogens with two attached hydrogens (primary N) is 1. The molecule has 18 heavy (non-hydrogen) atoms. The SMILES string of the molecule is CC(N)c1ccc(OC(F)(F)F)cc1.O=C(O)O. The van der Waals surface area contributed by atoms with E-state index in [2.05, 4.69) is 4.74 Å². The summed E-state index contributed by atoms with van der Waals surface area (Å²) in [5, 5.41) is 13.9. The van der Waals surface area contributed by atoms with Crippen LogP contribution in [0.3, 0.4) is 0 Å². The number of hydrogen-bond acceptors (Lipinski definition) is 3. The number of hydrogen-bond donors (Lipinski definition) is 3. The van der Waals surface area contributed by atoms with Crippen molar-refractivity contribution in [1.82, 2.24) is 0 Å². The van der Waals surface area contributed by atoms with Gasteiger partial charge in [0.25, 0.3) is 0 Å². The predicted molar refractivity (Wildman–Crippen MR) is 56.4 cm³/mol. The molecule has 1 aromatic rings. The summed E-state index contributed by atoms with van der Waals surface area (Å²) in [6.07, 6.45) is -6.48. The van der Waals surface area contributed by atoms with Gasteiger partial charge in [0, 0.05) is 6.04 Å². The van der Waals surface area contributed by atoms with E-state index in [1.54, 1.807) is 6.92 Å². The van der Waals surface area contributed by atoms with Gasteiger partial charge in [-0.15, -0.1) is 13.2 Å². The Morgan fingerprint density at radius 1 is 1.28 bits per heavy atom. The van der Waals surface area contributed by atoms with Gasteiger partial charge in [-0.3, -0.25) is 0 Å². The lowest BCUT2D eigenvalue weighted by atomic mass is 10.1. The molecule has 102 valence electrons. The third-order valence-corrected chi connectivity index (χ3v) is 1.64. The van der Waals surface area contributed by atoms with Crippen LogP contribution in [0.2, 0.25) is 0 Å². The first-order valence-corrected chi connectivity index (χ1v) is 4.65. The van der Waals surface area contributed by atoms with Crippen molar-refractivity contribution in [2.45, 2.75) is 19.3 Å². The molecule has 0 heterocycles. The van der Waals surface area contributed by atoms with E-state index in [0.717, 1.165) is 5.56 Å². The molecule has 0 fully saturated rings. The molecule has 0 radical (unpaired) electrons. The molecular formula is C10H12F3NO4. The number of rotatable bonds is 2. The van der Waals surface area contributed by atoms with E-state index in [1.165, 1.54) is 24.3 Å². The van der Waals surface area contributed by atoms with Crippen LogP contribution in [-0.2, 0) is 0 Å². The van der Waals surface area contributed by atoms with Gasteiger partial charge < -0.3 is 20.7 Å². The molecule has 1 unspecified atom stereocenters. The molecule has 0 aliphatic carbocycles. The molecule has 0 saturated heterocycles. The van der Waals surface area contributed by atoms with Crippen LogP contribution in [0.5, 0.6) is 5.75 Å². The highest BCUT2D eigenvalue weighted by molar-refractivity contribution is 5.53. The molecular weight excluding hydrogens is 255 g/mol. The van der Waals surface area contributed by atoms with E-state index in [4.69, 9.17) is 20.7 Å². The molecule has 4 N–H and O–H groups in total. The zero-order valence-corrected chi connectivity index (χ0v) is 9.31. The third kappa shape index (κ3) is 8.22. The van der Waals surface area contributed by atoms with Crippen molar-refractivity contribution in [3.63, 3.8) is 0 Å². The number of ether oxygens (including phenoxy) is 1. The lowest BCUT2D eigenvalue weighted by Crippen LogP contribution is -2.17. The molecule has 5 nitrogen and oxygen atoms in total. The van der Waals surface area contributed by atoms with E-state index in [0.29, 0.717) is 0 Å². The van der Waals surface area contributed by atoms with Crippen molar-refractivity contribution < 1.29 is 32.9 Å². The zero-order chi connectivity index (χ0) is 14.3. The van der Waals surface area contributed by atoms with Gasteiger partial charge in [0.2, 0.25) is 0 Å². The van der Waals surface area contributed by atoms with Gasteiger partial charge in [0.1, 0.15) is 5.75 Å². The highest BCUT2D eigenvalue weighted by Gasteiger charge is 2.30. The van der Waals surface area contributed by atoms with Crippen LogP contribution in [0.1, 0.15) is 18.5 Å². The fourth-order valence-corrected chi connectivity index (χ4v) is 0.973. The average Bonchev–Trinajstić information content (AvgIpc) is 2.14. The van der Waals surface area contributed by atoms with E-state index in [1.807, 2.05) is 0 Å². The maximum atomic E-state index is 11.8. The molecule has 0 saturated carbocycles. The van der Waals surface area contributed by atoms with Gasteiger partial charge in [-0.05, 0) is 24.6 Å². The summed E-state index contributed by atoms with van der Waals surface area (Å²) in [5.74, 6) is -0.234. The van der Waals surface area contributed by atoms with Crippen LogP contribution in [-0.4, -0.2) is 22.7 Å². The normalized spacial score (nSPS) is 12.1. The van der Waals surface area contributed by atoms with Crippen LogP contribution in [0.25, 0.3) is 0 Å². The Bertz CT molecular complexity index is 372. The molecule has 1 rings (SSSR count). The number of halogens is 3. The Kier molecular flexibility index (Phi) is 5.97.